The molecule has 0 bridgehead atoms. The number of ether oxygens (including phenoxy) is 3. The van der Waals surface area contributed by atoms with E-state index in [1.54, 1.807) is 20.8 Å². The van der Waals surface area contributed by atoms with Crippen molar-refractivity contribution in [2.75, 3.05) is 38.6 Å². The van der Waals surface area contributed by atoms with E-state index in [-0.39, 0.29) is 30.5 Å². The van der Waals surface area contributed by atoms with Gasteiger partial charge in [-0.3, -0.25) is 4.79 Å². The van der Waals surface area contributed by atoms with Crippen LogP contribution in [0.2, 0.25) is 0 Å². The third kappa shape index (κ3) is 5.10. The van der Waals surface area contributed by atoms with Crippen LogP contribution in [-0.4, -0.2) is 66.6 Å². The number of hydrogen-bond acceptors (Lipinski definition) is 7. The first kappa shape index (κ1) is 22.5. The topological polar surface area (TPSA) is 123 Å². The maximum absolute atomic E-state index is 12.8. The number of anilines is 1. The van der Waals surface area contributed by atoms with E-state index in [2.05, 4.69) is 21.2 Å². The first-order valence-electron chi connectivity index (χ1n) is 9.88. The number of aliphatic hydroxyl groups is 1. The summed E-state index contributed by atoms with van der Waals surface area (Å²) >= 11 is 3.36. The zero-order chi connectivity index (χ0) is 22.1. The predicted octanol–water partition coefficient (Wildman–Crippen LogP) is 2.15. The molecular weight excluding hydrogens is 458 g/mol. The van der Waals surface area contributed by atoms with E-state index >= 15 is 0 Å². The lowest BCUT2D eigenvalue weighted by molar-refractivity contribution is -0.0122. The van der Waals surface area contributed by atoms with Crippen LogP contribution in [0.25, 0.3) is 0 Å². The minimum atomic E-state index is -0.768. The molecule has 9 nitrogen and oxygen atoms in total. The highest BCUT2D eigenvalue weighted by molar-refractivity contribution is 9.10. The first-order chi connectivity index (χ1) is 14.1. The molecule has 2 heterocycles. The molecule has 10 heteroatoms. The fourth-order valence-corrected chi connectivity index (χ4v) is 3.80. The summed E-state index contributed by atoms with van der Waals surface area (Å²) in [4.78, 5) is 26.5. The normalized spacial score (nSPS) is 21.2. The second kappa shape index (κ2) is 8.89. The van der Waals surface area contributed by atoms with E-state index in [1.807, 2.05) is 0 Å². The number of β-amino-alcohol motifs (C(OH)–C–C–N with tert-alkyl or cyclic N) is 1. The van der Waals surface area contributed by atoms with Crippen LogP contribution in [0.5, 0.6) is 11.5 Å². The van der Waals surface area contributed by atoms with Gasteiger partial charge in [0.15, 0.2) is 11.5 Å². The monoisotopic (exact) mass is 485 g/mol. The molecule has 2 aliphatic rings. The summed E-state index contributed by atoms with van der Waals surface area (Å²) in [6.07, 6.45) is -0.672. The number of nitrogens with two attached hydrogens (primary N) is 1. The van der Waals surface area contributed by atoms with Crippen molar-refractivity contribution in [3.63, 3.8) is 0 Å². The fourth-order valence-electron chi connectivity index (χ4n) is 3.40. The standard InChI is InChI=1S/C20H28BrN3O6/c1-20(2,3)30-19(27)24-5-4-11(14(25)10-24)9-23-18(26)12-8-13(22)15(21)17-16(12)28-6-7-29-17/h8,11,14,25H,4-7,9-10,22H2,1-3H3,(H,23,26)/t11-,14+/m0/s1. The molecule has 0 unspecified atom stereocenters. The number of carbonyl (C=O) groups is 2. The zero-order valence-corrected chi connectivity index (χ0v) is 19.0. The van der Waals surface area contributed by atoms with E-state index in [4.69, 9.17) is 19.9 Å². The van der Waals surface area contributed by atoms with Gasteiger partial charge in [0, 0.05) is 19.0 Å². The van der Waals surface area contributed by atoms with Crippen molar-refractivity contribution in [3.05, 3.63) is 16.1 Å². The molecular formula is C20H28BrN3O6. The molecule has 3 rings (SSSR count). The van der Waals surface area contributed by atoms with Crippen molar-refractivity contribution >= 4 is 33.6 Å². The molecule has 0 radical (unpaired) electrons. The Morgan fingerprint density at radius 1 is 1.33 bits per heavy atom. The summed E-state index contributed by atoms with van der Waals surface area (Å²) in [5.41, 5.74) is 6.04. The molecule has 2 aliphatic heterocycles. The predicted molar refractivity (Wildman–Crippen MR) is 114 cm³/mol. The Kier molecular flexibility index (Phi) is 6.66. The van der Waals surface area contributed by atoms with Gasteiger partial charge in [-0.2, -0.15) is 0 Å². The van der Waals surface area contributed by atoms with Gasteiger partial charge in [-0.1, -0.05) is 0 Å². The number of amides is 2. The first-order valence-corrected chi connectivity index (χ1v) is 10.7. The lowest BCUT2D eigenvalue weighted by atomic mass is 9.94. The molecule has 2 amide bonds. The van der Waals surface area contributed by atoms with Crippen LogP contribution in [0.1, 0.15) is 37.6 Å². The molecule has 0 saturated carbocycles. The Hall–Kier alpha value is -2.20. The minimum absolute atomic E-state index is 0.160. The highest BCUT2D eigenvalue weighted by atomic mass is 79.9. The van der Waals surface area contributed by atoms with Gasteiger partial charge in [-0.15, -0.1) is 0 Å². The summed E-state index contributed by atoms with van der Waals surface area (Å²) in [6.45, 7) is 6.97. The third-order valence-electron chi connectivity index (χ3n) is 4.92. The van der Waals surface area contributed by atoms with E-state index in [0.717, 1.165) is 0 Å². The van der Waals surface area contributed by atoms with Crippen molar-refractivity contribution < 1.29 is 28.9 Å². The molecule has 1 aromatic rings. The van der Waals surface area contributed by atoms with Crippen LogP contribution in [0.3, 0.4) is 0 Å². The maximum Gasteiger partial charge on any atom is 0.410 e. The highest BCUT2D eigenvalue weighted by Gasteiger charge is 2.33. The van der Waals surface area contributed by atoms with Crippen LogP contribution in [0.4, 0.5) is 10.5 Å². The van der Waals surface area contributed by atoms with Gasteiger partial charge in [-0.25, -0.2) is 4.79 Å². The number of piperidine rings is 1. The van der Waals surface area contributed by atoms with Crippen molar-refractivity contribution in [1.82, 2.24) is 10.2 Å². The van der Waals surface area contributed by atoms with Gasteiger partial charge in [0.2, 0.25) is 0 Å². The number of hydrogen-bond donors (Lipinski definition) is 3. The number of nitrogen functional groups attached to an aromatic ring is 1. The molecule has 166 valence electrons. The molecule has 1 fully saturated rings. The Morgan fingerprint density at radius 2 is 2.00 bits per heavy atom. The number of likely N-dealkylation sites (tertiary alicyclic amines) is 1. The van der Waals surface area contributed by atoms with Crippen LogP contribution < -0.4 is 20.5 Å². The molecule has 4 N–H and O–H groups in total. The molecule has 30 heavy (non-hydrogen) atoms. The van der Waals surface area contributed by atoms with E-state index in [9.17, 15) is 14.7 Å². The Morgan fingerprint density at radius 3 is 2.63 bits per heavy atom. The summed E-state index contributed by atoms with van der Waals surface area (Å²) in [6, 6.07) is 1.54. The Labute approximate surface area is 184 Å². The van der Waals surface area contributed by atoms with Crippen molar-refractivity contribution in [2.45, 2.75) is 38.9 Å². The number of benzene rings is 1. The summed E-state index contributed by atoms with van der Waals surface area (Å²) in [5, 5.41) is 13.3. The van der Waals surface area contributed by atoms with Gasteiger partial charge in [0.05, 0.1) is 28.4 Å². The van der Waals surface area contributed by atoms with Crippen LogP contribution in [0.15, 0.2) is 10.5 Å². The highest BCUT2D eigenvalue weighted by Crippen LogP contribution is 2.43. The quantitative estimate of drug-likeness (QED) is 0.560. The van der Waals surface area contributed by atoms with Crippen LogP contribution >= 0.6 is 15.9 Å². The minimum Gasteiger partial charge on any atom is -0.485 e. The van der Waals surface area contributed by atoms with Crippen LogP contribution in [-0.2, 0) is 4.74 Å². The number of fused-ring (bicyclic) bond motifs is 1. The molecule has 0 aromatic heterocycles. The average molecular weight is 486 g/mol. The van der Waals surface area contributed by atoms with Crippen molar-refractivity contribution in [2.24, 2.45) is 5.92 Å². The van der Waals surface area contributed by atoms with Crippen LogP contribution in [0, 0.1) is 5.92 Å². The number of nitrogens with one attached hydrogen (secondary N) is 1. The average Bonchev–Trinajstić information content (AvgIpc) is 2.68. The van der Waals surface area contributed by atoms with E-state index in [1.165, 1.54) is 11.0 Å². The summed E-state index contributed by atoms with van der Waals surface area (Å²) in [5.74, 6) is 0.211. The smallest absolute Gasteiger partial charge is 0.410 e. The second-order valence-corrected chi connectivity index (χ2v) is 9.23. The van der Waals surface area contributed by atoms with Gasteiger partial charge in [-0.05, 0) is 49.2 Å². The van der Waals surface area contributed by atoms with E-state index < -0.39 is 17.8 Å². The second-order valence-electron chi connectivity index (χ2n) is 8.43. The van der Waals surface area contributed by atoms with Gasteiger partial charge in [0.25, 0.3) is 5.91 Å². The SMILES string of the molecule is CC(C)(C)OC(=O)N1CC[C@@H](CNC(=O)c2cc(N)c(Br)c3c2OCCO3)[C@H](O)C1. The number of nitrogens with zero attached hydrogens (tertiary/aromatic N) is 1. The molecule has 0 aliphatic carbocycles. The van der Waals surface area contributed by atoms with Crippen molar-refractivity contribution in [1.29, 1.82) is 0 Å². The lowest BCUT2D eigenvalue weighted by Crippen LogP contribution is -2.50. The third-order valence-corrected chi connectivity index (χ3v) is 5.74. The molecule has 0 spiro atoms. The largest absolute Gasteiger partial charge is 0.485 e. The molecule has 1 aromatic carbocycles. The molecule has 2 atom stereocenters. The summed E-state index contributed by atoms with van der Waals surface area (Å²) in [7, 11) is 0. The van der Waals surface area contributed by atoms with E-state index in [0.29, 0.717) is 47.8 Å². The summed E-state index contributed by atoms with van der Waals surface area (Å²) < 4.78 is 17.1. The maximum atomic E-state index is 12.8. The number of carbonyl (C=O) groups excluding carboxylic acids is 2. The molecule has 1 saturated heterocycles. The lowest BCUT2D eigenvalue weighted by Gasteiger charge is -2.36. The Balaban J connectivity index is 1.60. The number of aliphatic hydroxyl groups excluding tert-OH is 1. The van der Waals surface area contributed by atoms with Gasteiger partial charge >= 0.3 is 6.09 Å². The Bertz CT molecular complexity index is 826. The number of halogens is 1. The fraction of sp³-hybridized carbons (Fsp3) is 0.600. The van der Waals surface area contributed by atoms with Gasteiger partial charge < -0.3 is 35.3 Å². The van der Waals surface area contributed by atoms with Gasteiger partial charge in [0.1, 0.15) is 18.8 Å². The zero-order valence-electron chi connectivity index (χ0n) is 17.4. The number of rotatable bonds is 3. The van der Waals surface area contributed by atoms with Crippen molar-refractivity contribution in [3.8, 4) is 11.5 Å².